The Morgan fingerprint density at radius 3 is 2.70 bits per heavy atom. The third-order valence-electron chi connectivity index (χ3n) is 4.96. The first-order chi connectivity index (χ1) is 13.2. The number of aromatic nitrogens is 2. The lowest BCUT2D eigenvalue weighted by Crippen LogP contribution is -2.31. The van der Waals surface area contributed by atoms with Crippen molar-refractivity contribution in [1.82, 2.24) is 15.0 Å². The first-order valence-corrected chi connectivity index (χ1v) is 9.02. The molecule has 0 bridgehead atoms. The van der Waals surface area contributed by atoms with Crippen LogP contribution in [0, 0.1) is 6.92 Å². The molecule has 3 aromatic rings. The SMILES string of the molecule is COc1ccc(-c2noc([C@H]3CCCN3C(=O)c3ccccc3C)n2)cc1. The maximum Gasteiger partial charge on any atom is 0.254 e. The highest BCUT2D eigenvalue weighted by molar-refractivity contribution is 5.96. The molecule has 0 spiro atoms. The van der Waals surface area contributed by atoms with Crippen molar-refractivity contribution in [3.8, 4) is 17.1 Å². The summed E-state index contributed by atoms with van der Waals surface area (Å²) >= 11 is 0. The lowest BCUT2D eigenvalue weighted by Gasteiger charge is -2.22. The van der Waals surface area contributed by atoms with Gasteiger partial charge in [0.15, 0.2) is 0 Å². The number of benzene rings is 2. The van der Waals surface area contributed by atoms with Crippen molar-refractivity contribution in [2.45, 2.75) is 25.8 Å². The van der Waals surface area contributed by atoms with Crippen molar-refractivity contribution < 1.29 is 14.1 Å². The van der Waals surface area contributed by atoms with Gasteiger partial charge in [0.1, 0.15) is 11.8 Å². The minimum Gasteiger partial charge on any atom is -0.497 e. The van der Waals surface area contributed by atoms with Crippen LogP contribution in [0.15, 0.2) is 53.1 Å². The molecule has 0 radical (unpaired) electrons. The van der Waals surface area contributed by atoms with Gasteiger partial charge in [-0.2, -0.15) is 4.98 Å². The molecule has 1 saturated heterocycles. The highest BCUT2D eigenvalue weighted by Gasteiger charge is 2.35. The van der Waals surface area contributed by atoms with Gasteiger partial charge in [0.2, 0.25) is 11.7 Å². The Morgan fingerprint density at radius 1 is 1.19 bits per heavy atom. The van der Waals surface area contributed by atoms with Crippen LogP contribution in [0.25, 0.3) is 11.4 Å². The number of ether oxygens (including phenoxy) is 1. The zero-order valence-electron chi connectivity index (χ0n) is 15.4. The molecular formula is C21H21N3O3. The Morgan fingerprint density at radius 2 is 1.96 bits per heavy atom. The molecule has 6 heteroatoms. The van der Waals surface area contributed by atoms with E-state index in [2.05, 4.69) is 10.1 Å². The number of nitrogens with zero attached hydrogens (tertiary/aromatic N) is 3. The average molecular weight is 363 g/mol. The normalized spacial score (nSPS) is 16.5. The molecule has 1 amide bonds. The number of hydrogen-bond acceptors (Lipinski definition) is 5. The minimum absolute atomic E-state index is 0.0137. The Labute approximate surface area is 157 Å². The van der Waals surface area contributed by atoms with Gasteiger partial charge >= 0.3 is 0 Å². The van der Waals surface area contributed by atoms with E-state index in [1.807, 2.05) is 60.4 Å². The summed E-state index contributed by atoms with van der Waals surface area (Å²) in [5, 5.41) is 4.11. The monoisotopic (exact) mass is 363 g/mol. The molecule has 2 aromatic carbocycles. The van der Waals surface area contributed by atoms with Crippen molar-refractivity contribution in [1.29, 1.82) is 0 Å². The molecule has 2 heterocycles. The lowest BCUT2D eigenvalue weighted by atomic mass is 10.1. The smallest absolute Gasteiger partial charge is 0.254 e. The number of carbonyl (C=O) groups excluding carboxylic acids is 1. The summed E-state index contributed by atoms with van der Waals surface area (Å²) in [6.07, 6.45) is 1.74. The molecule has 1 aliphatic rings. The molecular weight excluding hydrogens is 342 g/mol. The van der Waals surface area contributed by atoms with E-state index in [0.717, 1.165) is 35.3 Å². The Balaban J connectivity index is 1.58. The van der Waals surface area contributed by atoms with Crippen molar-refractivity contribution >= 4 is 5.91 Å². The van der Waals surface area contributed by atoms with Gasteiger partial charge < -0.3 is 14.2 Å². The Bertz CT molecular complexity index is 949. The molecule has 1 atom stereocenters. The molecule has 6 nitrogen and oxygen atoms in total. The van der Waals surface area contributed by atoms with Crippen molar-refractivity contribution in [2.75, 3.05) is 13.7 Å². The summed E-state index contributed by atoms with van der Waals surface area (Å²) in [6, 6.07) is 14.9. The predicted molar refractivity (Wildman–Crippen MR) is 100 cm³/mol. The Hall–Kier alpha value is -3.15. The largest absolute Gasteiger partial charge is 0.497 e. The van der Waals surface area contributed by atoms with Crippen LogP contribution in [0.1, 0.15) is 40.7 Å². The van der Waals surface area contributed by atoms with E-state index in [-0.39, 0.29) is 11.9 Å². The van der Waals surface area contributed by atoms with E-state index >= 15 is 0 Å². The van der Waals surface area contributed by atoms with Crippen LogP contribution >= 0.6 is 0 Å². The summed E-state index contributed by atoms with van der Waals surface area (Å²) in [5.41, 5.74) is 2.54. The molecule has 1 aliphatic heterocycles. The molecule has 138 valence electrons. The number of amides is 1. The van der Waals surface area contributed by atoms with Gasteiger partial charge in [-0.15, -0.1) is 0 Å². The van der Waals surface area contributed by atoms with E-state index in [1.165, 1.54) is 0 Å². The molecule has 0 aliphatic carbocycles. The third-order valence-corrected chi connectivity index (χ3v) is 4.96. The highest BCUT2D eigenvalue weighted by atomic mass is 16.5. The molecule has 0 unspecified atom stereocenters. The lowest BCUT2D eigenvalue weighted by molar-refractivity contribution is 0.0709. The van der Waals surface area contributed by atoms with Crippen LogP contribution in [-0.2, 0) is 0 Å². The maximum atomic E-state index is 13.0. The fraction of sp³-hybridized carbons (Fsp3) is 0.286. The molecule has 0 saturated carbocycles. The van der Waals surface area contributed by atoms with Crippen LogP contribution in [0.2, 0.25) is 0 Å². The number of carbonyl (C=O) groups is 1. The van der Waals surface area contributed by atoms with Crippen LogP contribution in [0.4, 0.5) is 0 Å². The van der Waals surface area contributed by atoms with E-state index in [4.69, 9.17) is 9.26 Å². The minimum atomic E-state index is -0.184. The highest BCUT2D eigenvalue weighted by Crippen LogP contribution is 2.33. The summed E-state index contributed by atoms with van der Waals surface area (Å²) in [6.45, 7) is 2.64. The summed E-state index contributed by atoms with van der Waals surface area (Å²) in [7, 11) is 1.63. The fourth-order valence-corrected chi connectivity index (χ4v) is 3.46. The van der Waals surface area contributed by atoms with Crippen molar-refractivity contribution in [2.24, 2.45) is 0 Å². The van der Waals surface area contributed by atoms with Crippen LogP contribution in [-0.4, -0.2) is 34.6 Å². The zero-order chi connectivity index (χ0) is 18.8. The number of rotatable bonds is 4. The van der Waals surface area contributed by atoms with Gasteiger partial charge in [0, 0.05) is 17.7 Å². The van der Waals surface area contributed by atoms with Crippen LogP contribution in [0.5, 0.6) is 5.75 Å². The number of likely N-dealkylation sites (tertiary alicyclic amines) is 1. The zero-order valence-corrected chi connectivity index (χ0v) is 15.4. The van der Waals surface area contributed by atoms with Gasteiger partial charge in [-0.05, 0) is 55.7 Å². The molecule has 1 fully saturated rings. The first kappa shape index (κ1) is 17.3. The second kappa shape index (κ2) is 7.23. The van der Waals surface area contributed by atoms with Crippen molar-refractivity contribution in [3.63, 3.8) is 0 Å². The summed E-state index contributed by atoms with van der Waals surface area (Å²) in [4.78, 5) is 19.4. The van der Waals surface area contributed by atoms with E-state index in [1.54, 1.807) is 7.11 Å². The number of methoxy groups -OCH3 is 1. The molecule has 4 rings (SSSR count). The van der Waals surface area contributed by atoms with Gasteiger partial charge in [-0.25, -0.2) is 0 Å². The quantitative estimate of drug-likeness (QED) is 0.700. The van der Waals surface area contributed by atoms with Gasteiger partial charge in [-0.3, -0.25) is 4.79 Å². The van der Waals surface area contributed by atoms with E-state index in [0.29, 0.717) is 18.3 Å². The fourth-order valence-electron chi connectivity index (χ4n) is 3.46. The van der Waals surface area contributed by atoms with Gasteiger partial charge in [0.25, 0.3) is 5.91 Å². The van der Waals surface area contributed by atoms with Gasteiger partial charge in [0.05, 0.1) is 7.11 Å². The molecule has 1 aromatic heterocycles. The van der Waals surface area contributed by atoms with Gasteiger partial charge in [-0.1, -0.05) is 23.4 Å². The van der Waals surface area contributed by atoms with E-state index in [9.17, 15) is 4.79 Å². The second-order valence-electron chi connectivity index (χ2n) is 6.66. The maximum absolute atomic E-state index is 13.0. The topological polar surface area (TPSA) is 68.5 Å². The average Bonchev–Trinajstić information content (AvgIpc) is 3.37. The molecule has 0 N–H and O–H groups in total. The predicted octanol–water partition coefficient (Wildman–Crippen LogP) is 4.03. The van der Waals surface area contributed by atoms with Crippen LogP contribution in [0.3, 0.4) is 0 Å². The third kappa shape index (κ3) is 3.30. The van der Waals surface area contributed by atoms with Crippen LogP contribution < -0.4 is 4.74 Å². The standard InChI is InChI=1S/C21H21N3O3/c1-14-6-3-4-7-17(14)21(25)24-13-5-8-18(24)20-22-19(23-27-20)15-9-11-16(26-2)12-10-15/h3-4,6-7,9-12,18H,5,8,13H2,1-2H3/t18-/m1/s1. The molecule has 27 heavy (non-hydrogen) atoms. The number of hydrogen-bond donors (Lipinski definition) is 0. The number of aryl methyl sites for hydroxylation is 1. The second-order valence-corrected chi connectivity index (χ2v) is 6.66. The first-order valence-electron chi connectivity index (χ1n) is 9.02. The summed E-state index contributed by atoms with van der Waals surface area (Å²) in [5.74, 6) is 1.79. The Kier molecular flexibility index (Phi) is 4.62. The van der Waals surface area contributed by atoms with Crippen molar-refractivity contribution in [3.05, 3.63) is 65.5 Å². The van der Waals surface area contributed by atoms with E-state index < -0.39 is 0 Å². The summed E-state index contributed by atoms with van der Waals surface area (Å²) < 4.78 is 10.7.